The Morgan fingerprint density at radius 2 is 1.96 bits per heavy atom. The minimum Gasteiger partial charge on any atom is -0.508 e. The first-order valence-electron chi connectivity index (χ1n) is 8.30. The Labute approximate surface area is 162 Å². The van der Waals surface area contributed by atoms with E-state index in [1.54, 1.807) is 23.5 Å². The number of nitrogens with one attached hydrogen (secondary N) is 2. The fourth-order valence-corrected chi connectivity index (χ4v) is 3.40. The van der Waals surface area contributed by atoms with Crippen LogP contribution in [-0.2, 0) is 6.54 Å². The Morgan fingerprint density at radius 3 is 2.58 bits per heavy atom. The minimum atomic E-state index is -0.188. The van der Waals surface area contributed by atoms with Gasteiger partial charge in [0.15, 0.2) is 5.96 Å². The number of hydrogen-bond donors (Lipinski definition) is 3. The van der Waals surface area contributed by atoms with Crippen LogP contribution in [0.25, 0.3) is 0 Å². The predicted octanol–water partition coefficient (Wildman–Crippen LogP) is 2.93. The van der Waals surface area contributed by atoms with Crippen LogP contribution < -0.4 is 10.6 Å². The Balaban J connectivity index is 1.85. The van der Waals surface area contributed by atoms with Gasteiger partial charge in [-0.1, -0.05) is 11.6 Å². The normalized spacial score (nSPS) is 11.3. The summed E-state index contributed by atoms with van der Waals surface area (Å²) in [5.41, 5.74) is 0.505. The Morgan fingerprint density at radius 1 is 1.23 bits per heavy atom. The van der Waals surface area contributed by atoms with Gasteiger partial charge in [-0.3, -0.25) is 9.79 Å². The number of hydrogen-bond acceptors (Lipinski definition) is 4. The van der Waals surface area contributed by atoms with Crippen molar-refractivity contribution in [2.24, 2.45) is 4.99 Å². The number of thiophene rings is 1. The summed E-state index contributed by atoms with van der Waals surface area (Å²) >= 11 is 7.52. The summed E-state index contributed by atoms with van der Waals surface area (Å²) < 4.78 is 0.771. The van der Waals surface area contributed by atoms with Crippen molar-refractivity contribution in [1.29, 1.82) is 0 Å². The Kier molecular flexibility index (Phi) is 7.74. The fourth-order valence-electron chi connectivity index (χ4n) is 2.26. The van der Waals surface area contributed by atoms with Gasteiger partial charge in [0.25, 0.3) is 5.91 Å². The summed E-state index contributed by atoms with van der Waals surface area (Å²) in [6.07, 6.45) is 0. The number of aromatic hydroxyl groups is 1. The number of nitrogens with zero attached hydrogens (tertiary/aromatic N) is 2. The van der Waals surface area contributed by atoms with Gasteiger partial charge >= 0.3 is 0 Å². The fraction of sp³-hybridized carbons (Fsp3) is 0.333. The zero-order valence-corrected chi connectivity index (χ0v) is 16.4. The number of guanidine groups is 1. The van der Waals surface area contributed by atoms with Crippen LogP contribution in [-0.4, -0.2) is 48.6 Å². The van der Waals surface area contributed by atoms with E-state index in [1.165, 1.54) is 12.1 Å². The van der Waals surface area contributed by atoms with Gasteiger partial charge in [-0.05, 0) is 43.3 Å². The molecule has 6 nitrogen and oxygen atoms in total. The molecule has 1 aromatic heterocycles. The third-order valence-corrected chi connectivity index (χ3v) is 4.72. The van der Waals surface area contributed by atoms with Gasteiger partial charge in [-0.2, -0.15) is 0 Å². The van der Waals surface area contributed by atoms with Crippen molar-refractivity contribution in [1.82, 2.24) is 15.5 Å². The second-order valence-corrected chi connectivity index (χ2v) is 7.40. The van der Waals surface area contributed by atoms with E-state index >= 15 is 0 Å². The molecule has 0 fully saturated rings. The van der Waals surface area contributed by atoms with E-state index < -0.39 is 0 Å². The van der Waals surface area contributed by atoms with E-state index in [-0.39, 0.29) is 11.7 Å². The number of halogens is 1. The van der Waals surface area contributed by atoms with E-state index in [0.29, 0.717) is 25.2 Å². The van der Waals surface area contributed by atoms with E-state index in [4.69, 9.17) is 11.6 Å². The van der Waals surface area contributed by atoms with Gasteiger partial charge in [0.2, 0.25) is 0 Å². The van der Waals surface area contributed by atoms with Crippen molar-refractivity contribution in [2.75, 3.05) is 26.7 Å². The van der Waals surface area contributed by atoms with E-state index in [0.717, 1.165) is 21.7 Å². The second kappa shape index (κ2) is 10.0. The van der Waals surface area contributed by atoms with Crippen molar-refractivity contribution < 1.29 is 9.90 Å². The smallest absolute Gasteiger partial charge is 0.251 e. The first kappa shape index (κ1) is 20.1. The third kappa shape index (κ3) is 6.24. The lowest BCUT2D eigenvalue weighted by Gasteiger charge is -2.21. The van der Waals surface area contributed by atoms with Gasteiger partial charge in [0.05, 0.1) is 17.4 Å². The van der Waals surface area contributed by atoms with Crippen molar-refractivity contribution in [3.63, 3.8) is 0 Å². The Bertz CT molecular complexity index is 746. The summed E-state index contributed by atoms with van der Waals surface area (Å²) in [4.78, 5) is 19.7. The van der Waals surface area contributed by atoms with Crippen LogP contribution in [0.15, 0.2) is 41.4 Å². The third-order valence-electron chi connectivity index (χ3n) is 3.51. The van der Waals surface area contributed by atoms with Crippen LogP contribution in [0.4, 0.5) is 0 Å². The number of rotatable bonds is 7. The summed E-state index contributed by atoms with van der Waals surface area (Å²) in [5.74, 6) is 0.721. The molecule has 2 rings (SSSR count). The van der Waals surface area contributed by atoms with E-state index in [9.17, 15) is 9.90 Å². The van der Waals surface area contributed by atoms with Gasteiger partial charge < -0.3 is 20.6 Å². The molecular formula is C18H23ClN4O2S. The zero-order valence-electron chi connectivity index (χ0n) is 14.8. The predicted molar refractivity (Wildman–Crippen MR) is 107 cm³/mol. The van der Waals surface area contributed by atoms with Crippen LogP contribution in [0.5, 0.6) is 5.75 Å². The summed E-state index contributed by atoms with van der Waals surface area (Å²) in [7, 11) is 1.96. The quantitative estimate of drug-likeness (QED) is 0.383. The molecule has 0 radical (unpaired) electrons. The Hall–Kier alpha value is -2.25. The molecule has 0 aliphatic rings. The van der Waals surface area contributed by atoms with Gasteiger partial charge in [-0.15, -0.1) is 11.3 Å². The highest BCUT2D eigenvalue weighted by Crippen LogP contribution is 2.22. The average molecular weight is 395 g/mol. The number of phenolic OH excluding ortho intramolecular Hbond substituents is 1. The largest absolute Gasteiger partial charge is 0.508 e. The molecule has 0 saturated carbocycles. The number of benzene rings is 1. The maximum absolute atomic E-state index is 12.0. The van der Waals surface area contributed by atoms with Crippen LogP contribution in [0, 0.1) is 0 Å². The molecule has 26 heavy (non-hydrogen) atoms. The topological polar surface area (TPSA) is 77.0 Å². The zero-order chi connectivity index (χ0) is 18.9. The standard InChI is InChI=1S/C18H23ClN4O2S/c1-3-20-18(23(2)12-15-8-9-16(19)26-15)22-11-10-21-17(25)13-4-6-14(24)7-5-13/h4-9,24H,3,10-12H2,1-2H3,(H,20,22)(H,21,25). The van der Waals surface area contributed by atoms with Crippen LogP contribution in [0.1, 0.15) is 22.2 Å². The first-order valence-corrected chi connectivity index (χ1v) is 9.50. The lowest BCUT2D eigenvalue weighted by atomic mass is 10.2. The number of amides is 1. The van der Waals surface area contributed by atoms with Crippen LogP contribution >= 0.6 is 22.9 Å². The molecule has 0 aliphatic heterocycles. The molecule has 1 amide bonds. The molecule has 1 heterocycles. The molecule has 2 aromatic rings. The van der Waals surface area contributed by atoms with Gasteiger partial charge in [0, 0.05) is 30.6 Å². The lowest BCUT2D eigenvalue weighted by Crippen LogP contribution is -2.39. The van der Waals surface area contributed by atoms with E-state index in [1.807, 2.05) is 31.0 Å². The summed E-state index contributed by atoms with van der Waals surface area (Å²) in [5, 5.41) is 15.3. The molecule has 0 bridgehead atoms. The number of carbonyl (C=O) groups excluding carboxylic acids is 1. The highest BCUT2D eigenvalue weighted by Gasteiger charge is 2.08. The average Bonchev–Trinajstić information content (AvgIpc) is 3.02. The van der Waals surface area contributed by atoms with Crippen molar-refractivity contribution in [3.05, 3.63) is 51.2 Å². The monoisotopic (exact) mass is 394 g/mol. The van der Waals surface area contributed by atoms with Crippen LogP contribution in [0.2, 0.25) is 4.34 Å². The number of carbonyl (C=O) groups is 1. The molecule has 0 unspecified atom stereocenters. The number of phenols is 1. The highest BCUT2D eigenvalue weighted by atomic mass is 35.5. The second-order valence-electron chi connectivity index (χ2n) is 5.60. The SMILES string of the molecule is CCNC(=NCCNC(=O)c1ccc(O)cc1)N(C)Cc1ccc(Cl)s1. The molecule has 0 aliphatic carbocycles. The van der Waals surface area contributed by atoms with Crippen molar-refractivity contribution >= 4 is 34.8 Å². The lowest BCUT2D eigenvalue weighted by molar-refractivity contribution is 0.0955. The molecular weight excluding hydrogens is 372 g/mol. The number of aliphatic imine (C=N–C) groups is 1. The molecule has 8 heteroatoms. The highest BCUT2D eigenvalue weighted by molar-refractivity contribution is 7.16. The molecule has 3 N–H and O–H groups in total. The van der Waals surface area contributed by atoms with Crippen molar-refractivity contribution in [2.45, 2.75) is 13.5 Å². The molecule has 1 aromatic carbocycles. The van der Waals surface area contributed by atoms with Crippen molar-refractivity contribution in [3.8, 4) is 5.75 Å². The minimum absolute atomic E-state index is 0.136. The molecule has 140 valence electrons. The summed E-state index contributed by atoms with van der Waals surface area (Å²) in [6.45, 7) is 4.37. The molecule has 0 spiro atoms. The molecule has 0 saturated heterocycles. The van der Waals surface area contributed by atoms with E-state index in [2.05, 4.69) is 15.6 Å². The first-order chi connectivity index (χ1) is 12.5. The summed E-state index contributed by atoms with van der Waals surface area (Å²) in [6, 6.07) is 10.0. The van der Waals surface area contributed by atoms with Crippen LogP contribution in [0.3, 0.4) is 0 Å². The van der Waals surface area contributed by atoms with Gasteiger partial charge in [0.1, 0.15) is 5.75 Å². The maximum atomic E-state index is 12.0. The molecule has 0 atom stereocenters. The maximum Gasteiger partial charge on any atom is 0.251 e. The van der Waals surface area contributed by atoms with Gasteiger partial charge in [-0.25, -0.2) is 0 Å².